The molecule has 2 aromatic carbocycles. The number of non-ortho nitro benzene ring substituents is 1. The fraction of sp³-hybridized carbons (Fsp3) is 0.0769. The van der Waals surface area contributed by atoms with E-state index in [4.69, 9.17) is 27.9 Å². The van der Waals surface area contributed by atoms with Crippen LogP contribution in [0.15, 0.2) is 34.8 Å². The highest BCUT2D eigenvalue weighted by Crippen LogP contribution is 2.37. The molecular weight excluding hydrogens is 388 g/mol. The summed E-state index contributed by atoms with van der Waals surface area (Å²) in [6.07, 6.45) is 0. The molecule has 0 saturated heterocycles. The standard InChI is InChI=1S/C13H7BrCl2FNO3/c14-10-3-8(17)2-1-7(10)6-21-13-11(15)4-9(18(19)20)5-12(13)16/h1-5H,6H2. The van der Waals surface area contributed by atoms with Gasteiger partial charge in [0.05, 0.1) is 15.0 Å². The summed E-state index contributed by atoms with van der Waals surface area (Å²) in [4.78, 5) is 10.1. The number of benzene rings is 2. The van der Waals surface area contributed by atoms with E-state index in [9.17, 15) is 14.5 Å². The van der Waals surface area contributed by atoms with E-state index in [1.165, 1.54) is 12.1 Å². The minimum absolute atomic E-state index is 0.0347. The molecule has 0 spiro atoms. The molecule has 0 saturated carbocycles. The van der Waals surface area contributed by atoms with Gasteiger partial charge < -0.3 is 4.74 Å². The topological polar surface area (TPSA) is 52.4 Å². The van der Waals surface area contributed by atoms with Crippen molar-refractivity contribution in [2.45, 2.75) is 6.61 Å². The minimum Gasteiger partial charge on any atom is -0.486 e. The lowest BCUT2D eigenvalue weighted by atomic mass is 10.2. The Morgan fingerprint density at radius 3 is 2.38 bits per heavy atom. The summed E-state index contributed by atoms with van der Waals surface area (Å²) in [7, 11) is 0. The van der Waals surface area contributed by atoms with Crippen LogP contribution in [0.2, 0.25) is 10.0 Å². The number of nitro benzene ring substituents is 1. The first kappa shape index (κ1) is 16.0. The molecule has 0 radical (unpaired) electrons. The van der Waals surface area contributed by atoms with Crippen molar-refractivity contribution >= 4 is 44.8 Å². The second kappa shape index (κ2) is 6.60. The van der Waals surface area contributed by atoms with Gasteiger partial charge in [-0.3, -0.25) is 10.1 Å². The largest absolute Gasteiger partial charge is 0.486 e. The zero-order valence-electron chi connectivity index (χ0n) is 10.3. The second-order valence-corrected chi connectivity index (χ2v) is 5.69. The zero-order valence-corrected chi connectivity index (χ0v) is 13.4. The van der Waals surface area contributed by atoms with Crippen LogP contribution >= 0.6 is 39.1 Å². The molecule has 0 aliphatic heterocycles. The van der Waals surface area contributed by atoms with E-state index in [1.54, 1.807) is 6.07 Å². The normalized spacial score (nSPS) is 10.5. The fourth-order valence-electron chi connectivity index (χ4n) is 1.58. The van der Waals surface area contributed by atoms with Crippen LogP contribution in [-0.4, -0.2) is 4.92 Å². The molecule has 0 atom stereocenters. The van der Waals surface area contributed by atoms with Crippen molar-refractivity contribution < 1.29 is 14.1 Å². The first-order valence-electron chi connectivity index (χ1n) is 5.58. The van der Waals surface area contributed by atoms with E-state index >= 15 is 0 Å². The average molecular weight is 395 g/mol. The molecule has 0 aliphatic rings. The van der Waals surface area contributed by atoms with Crippen molar-refractivity contribution in [1.29, 1.82) is 0 Å². The summed E-state index contributed by atoms with van der Waals surface area (Å²) in [6.45, 7) is 0.0815. The molecular formula is C13H7BrCl2FNO3. The Kier molecular flexibility index (Phi) is 5.03. The quantitative estimate of drug-likeness (QED) is 0.516. The van der Waals surface area contributed by atoms with Crippen LogP contribution < -0.4 is 4.74 Å². The van der Waals surface area contributed by atoms with Gasteiger partial charge in [0.2, 0.25) is 0 Å². The number of halogens is 4. The number of nitro groups is 1. The molecule has 0 bridgehead atoms. The van der Waals surface area contributed by atoms with Crippen molar-refractivity contribution in [1.82, 2.24) is 0 Å². The van der Waals surface area contributed by atoms with Gasteiger partial charge in [0.1, 0.15) is 12.4 Å². The highest BCUT2D eigenvalue weighted by atomic mass is 79.9. The molecule has 2 rings (SSSR count). The van der Waals surface area contributed by atoms with Crippen LogP contribution in [0.4, 0.5) is 10.1 Å². The van der Waals surface area contributed by atoms with Crippen LogP contribution in [0.5, 0.6) is 5.75 Å². The SMILES string of the molecule is O=[N+]([O-])c1cc(Cl)c(OCc2ccc(F)cc2Br)c(Cl)c1. The van der Waals surface area contributed by atoms with Gasteiger partial charge in [0, 0.05) is 22.2 Å². The van der Waals surface area contributed by atoms with Gasteiger partial charge in [-0.1, -0.05) is 45.2 Å². The van der Waals surface area contributed by atoms with E-state index in [0.717, 1.165) is 12.1 Å². The average Bonchev–Trinajstić information content (AvgIpc) is 2.39. The molecule has 8 heteroatoms. The maximum absolute atomic E-state index is 13.0. The van der Waals surface area contributed by atoms with E-state index in [0.29, 0.717) is 10.0 Å². The molecule has 0 fully saturated rings. The lowest BCUT2D eigenvalue weighted by Crippen LogP contribution is -1.99. The zero-order chi connectivity index (χ0) is 15.6. The number of hydrogen-bond donors (Lipinski definition) is 0. The molecule has 0 N–H and O–H groups in total. The van der Waals surface area contributed by atoms with Gasteiger partial charge in [-0.15, -0.1) is 0 Å². The first-order chi connectivity index (χ1) is 9.88. The fourth-order valence-corrected chi connectivity index (χ4v) is 2.63. The van der Waals surface area contributed by atoms with Crippen LogP contribution in [0.1, 0.15) is 5.56 Å². The van der Waals surface area contributed by atoms with Crippen molar-refractivity contribution in [3.8, 4) is 5.75 Å². The van der Waals surface area contributed by atoms with Gasteiger partial charge in [-0.2, -0.15) is 0 Å². The number of hydrogen-bond acceptors (Lipinski definition) is 3. The molecule has 4 nitrogen and oxygen atoms in total. The molecule has 0 aliphatic carbocycles. The lowest BCUT2D eigenvalue weighted by molar-refractivity contribution is -0.384. The summed E-state index contributed by atoms with van der Waals surface area (Å²) in [5.74, 6) is -0.239. The van der Waals surface area contributed by atoms with Crippen molar-refractivity contribution in [3.05, 3.63) is 66.3 Å². The summed E-state index contributed by atoms with van der Waals surface area (Å²) in [5.41, 5.74) is 0.460. The molecule has 0 heterocycles. The third kappa shape index (κ3) is 3.84. The predicted molar refractivity (Wildman–Crippen MR) is 81.5 cm³/mol. The molecule has 0 unspecified atom stereocenters. The summed E-state index contributed by atoms with van der Waals surface area (Å²) in [5, 5.41) is 10.7. The third-order valence-electron chi connectivity index (χ3n) is 2.58. The van der Waals surface area contributed by atoms with Crippen LogP contribution in [0.3, 0.4) is 0 Å². The maximum atomic E-state index is 13.0. The van der Waals surface area contributed by atoms with Crippen molar-refractivity contribution in [3.63, 3.8) is 0 Å². The Balaban J connectivity index is 2.22. The molecule has 21 heavy (non-hydrogen) atoms. The monoisotopic (exact) mass is 393 g/mol. The minimum atomic E-state index is -0.599. The summed E-state index contributed by atoms with van der Waals surface area (Å²) < 4.78 is 19.0. The van der Waals surface area contributed by atoms with Gasteiger partial charge in [-0.05, 0) is 12.1 Å². The molecule has 2 aromatic rings. The lowest BCUT2D eigenvalue weighted by Gasteiger charge is -2.11. The summed E-state index contributed by atoms with van der Waals surface area (Å²) >= 11 is 15.1. The highest BCUT2D eigenvalue weighted by Gasteiger charge is 2.16. The van der Waals surface area contributed by atoms with E-state index in [1.807, 2.05) is 0 Å². The molecule has 0 aromatic heterocycles. The maximum Gasteiger partial charge on any atom is 0.272 e. The number of ether oxygens (including phenoxy) is 1. The number of rotatable bonds is 4. The Morgan fingerprint density at radius 2 is 1.86 bits per heavy atom. The van der Waals surface area contributed by atoms with Crippen molar-refractivity contribution in [2.24, 2.45) is 0 Å². The molecule has 0 amide bonds. The summed E-state index contributed by atoms with van der Waals surface area (Å²) in [6, 6.07) is 6.46. The van der Waals surface area contributed by atoms with Crippen LogP contribution in [0.25, 0.3) is 0 Å². The Labute approximate surface area is 137 Å². The van der Waals surface area contributed by atoms with Gasteiger partial charge in [0.25, 0.3) is 5.69 Å². The smallest absolute Gasteiger partial charge is 0.272 e. The predicted octanol–water partition coefficient (Wildman–Crippen LogP) is 5.38. The first-order valence-corrected chi connectivity index (χ1v) is 7.13. The highest BCUT2D eigenvalue weighted by molar-refractivity contribution is 9.10. The van der Waals surface area contributed by atoms with Gasteiger partial charge >= 0.3 is 0 Å². The van der Waals surface area contributed by atoms with Crippen LogP contribution in [-0.2, 0) is 6.61 Å². The van der Waals surface area contributed by atoms with Crippen molar-refractivity contribution in [2.75, 3.05) is 0 Å². The Morgan fingerprint density at radius 1 is 1.24 bits per heavy atom. The third-order valence-corrected chi connectivity index (χ3v) is 3.88. The van der Waals surface area contributed by atoms with Gasteiger partial charge in [0.15, 0.2) is 5.75 Å². The van der Waals surface area contributed by atoms with E-state index in [-0.39, 0.29) is 33.9 Å². The Bertz CT molecular complexity index is 689. The van der Waals surface area contributed by atoms with E-state index in [2.05, 4.69) is 15.9 Å². The van der Waals surface area contributed by atoms with E-state index < -0.39 is 4.92 Å². The Hall–Kier alpha value is -1.37. The number of nitrogens with zero attached hydrogens (tertiary/aromatic N) is 1. The van der Waals surface area contributed by atoms with Crippen LogP contribution in [0, 0.1) is 15.9 Å². The molecule has 110 valence electrons. The second-order valence-electron chi connectivity index (χ2n) is 4.02. The van der Waals surface area contributed by atoms with Gasteiger partial charge in [-0.25, -0.2) is 4.39 Å².